The number of ether oxygens (including phenoxy) is 1. The van der Waals surface area contributed by atoms with Crippen LogP contribution in [0.25, 0.3) is 0 Å². The van der Waals surface area contributed by atoms with Crippen molar-refractivity contribution in [1.29, 1.82) is 0 Å². The van der Waals surface area contributed by atoms with Crippen LogP contribution in [-0.4, -0.2) is 68.6 Å². The second-order valence-corrected chi connectivity index (χ2v) is 14.9. The number of amides is 3. The highest BCUT2D eigenvalue weighted by Gasteiger charge is 2.77. The molecule has 3 saturated heterocycles. The summed E-state index contributed by atoms with van der Waals surface area (Å²) >= 11 is 1.63. The van der Waals surface area contributed by atoms with Gasteiger partial charge in [0.05, 0.1) is 29.8 Å². The molecule has 3 N–H and O–H groups in total. The summed E-state index contributed by atoms with van der Waals surface area (Å²) in [5, 5.41) is 16.1. The van der Waals surface area contributed by atoms with Gasteiger partial charge in [0.25, 0.3) is 0 Å². The second-order valence-electron chi connectivity index (χ2n) is 13.0. The van der Waals surface area contributed by atoms with Crippen LogP contribution in [0, 0.1) is 17.3 Å². The Morgan fingerprint density at radius 3 is 2.37 bits per heavy atom. The van der Waals surface area contributed by atoms with Crippen molar-refractivity contribution in [3.8, 4) is 5.75 Å². The third kappa shape index (κ3) is 5.16. The number of hydrogen-bond donors (Lipinski definition) is 3. The first-order valence-corrected chi connectivity index (χ1v) is 14.5. The maximum absolute atomic E-state index is 13.9. The third-order valence-corrected chi connectivity index (χ3v) is 10.0. The molecule has 0 saturated carbocycles. The summed E-state index contributed by atoms with van der Waals surface area (Å²) in [5.74, 6) is -1.10. The van der Waals surface area contributed by atoms with Crippen LogP contribution in [0.5, 0.6) is 5.75 Å². The van der Waals surface area contributed by atoms with Gasteiger partial charge in [-0.15, -0.1) is 11.8 Å². The highest BCUT2D eigenvalue weighted by atomic mass is 32.2. The molecule has 2 bridgehead atoms. The Morgan fingerprint density at radius 1 is 1.13 bits per heavy atom. The Balaban J connectivity index is 1.63. The van der Waals surface area contributed by atoms with Crippen LogP contribution in [0.2, 0.25) is 0 Å². The predicted octanol–water partition coefficient (Wildman–Crippen LogP) is 3.83. The summed E-state index contributed by atoms with van der Waals surface area (Å²) < 4.78 is 4.33. The SMILES string of the molecule is CCOc1ccc(NC(=O)[C@@H]2[C@H]3C(=O)N(CCO)C(C(=O)NC(C)(C)CC(C)(C)C)C34CC[C@@]2(C)S4)cc1. The molecule has 0 aliphatic carbocycles. The lowest BCUT2D eigenvalue weighted by molar-refractivity contribution is -0.140. The molecule has 0 aromatic heterocycles. The fraction of sp³-hybridized carbons (Fsp3) is 0.690. The number of benzene rings is 1. The maximum atomic E-state index is 13.9. The van der Waals surface area contributed by atoms with Crippen molar-refractivity contribution < 1.29 is 24.2 Å². The van der Waals surface area contributed by atoms with Gasteiger partial charge in [0.15, 0.2) is 0 Å². The number of carbonyl (C=O) groups is 3. The number of anilines is 1. The zero-order chi connectivity index (χ0) is 28.1. The number of carbonyl (C=O) groups excluding carboxylic acids is 3. The van der Waals surface area contributed by atoms with E-state index in [1.807, 2.05) is 20.8 Å². The van der Waals surface area contributed by atoms with Gasteiger partial charge in [0, 0.05) is 22.5 Å². The molecule has 210 valence electrons. The Hall–Kier alpha value is -2.26. The lowest BCUT2D eigenvalue weighted by Gasteiger charge is -2.38. The van der Waals surface area contributed by atoms with Crippen LogP contribution in [-0.2, 0) is 14.4 Å². The Morgan fingerprint density at radius 2 is 1.79 bits per heavy atom. The van der Waals surface area contributed by atoms with Gasteiger partial charge in [-0.1, -0.05) is 20.8 Å². The average molecular weight is 546 g/mol. The van der Waals surface area contributed by atoms with Gasteiger partial charge >= 0.3 is 0 Å². The van der Waals surface area contributed by atoms with Gasteiger partial charge in [-0.25, -0.2) is 0 Å². The van der Waals surface area contributed by atoms with E-state index in [9.17, 15) is 19.5 Å². The second kappa shape index (κ2) is 10.0. The zero-order valence-corrected chi connectivity index (χ0v) is 24.5. The lowest BCUT2D eigenvalue weighted by Crippen LogP contribution is -2.58. The highest BCUT2D eigenvalue weighted by Crippen LogP contribution is 2.71. The van der Waals surface area contributed by atoms with Crippen molar-refractivity contribution >= 4 is 35.2 Å². The van der Waals surface area contributed by atoms with Gasteiger partial charge in [-0.3, -0.25) is 14.4 Å². The van der Waals surface area contributed by atoms with Crippen molar-refractivity contribution in [3.05, 3.63) is 24.3 Å². The molecule has 1 spiro atoms. The predicted molar refractivity (Wildman–Crippen MR) is 150 cm³/mol. The van der Waals surface area contributed by atoms with Crippen LogP contribution in [0.15, 0.2) is 24.3 Å². The Labute approximate surface area is 230 Å². The van der Waals surface area contributed by atoms with Crippen molar-refractivity contribution in [2.45, 2.75) is 88.8 Å². The number of nitrogens with one attached hydrogen (secondary N) is 2. The molecular formula is C29H43N3O5S. The van der Waals surface area contributed by atoms with E-state index in [2.05, 4.69) is 38.3 Å². The molecule has 2 unspecified atom stereocenters. The molecule has 3 aliphatic heterocycles. The number of hydrogen-bond acceptors (Lipinski definition) is 6. The summed E-state index contributed by atoms with van der Waals surface area (Å²) in [6.07, 6.45) is 2.18. The van der Waals surface area contributed by atoms with Gasteiger partial charge in [-0.2, -0.15) is 0 Å². The van der Waals surface area contributed by atoms with Crippen LogP contribution in [0.4, 0.5) is 5.69 Å². The minimum atomic E-state index is -0.735. The number of β-amino-alcohol motifs (C(OH)–C–C–N with tert-alkyl or cyclic N) is 1. The minimum Gasteiger partial charge on any atom is -0.494 e. The largest absolute Gasteiger partial charge is 0.494 e. The molecule has 1 aromatic carbocycles. The number of fused-ring (bicyclic) bond motifs is 1. The first-order valence-electron chi connectivity index (χ1n) is 13.6. The molecule has 3 amide bonds. The lowest BCUT2D eigenvalue weighted by atomic mass is 9.66. The number of nitrogens with zero attached hydrogens (tertiary/aromatic N) is 1. The number of aliphatic hydroxyl groups is 1. The van der Waals surface area contributed by atoms with Crippen LogP contribution in [0.1, 0.15) is 67.7 Å². The third-order valence-electron chi connectivity index (χ3n) is 8.02. The average Bonchev–Trinajstić information content (AvgIpc) is 3.34. The molecule has 8 nitrogen and oxygen atoms in total. The van der Waals surface area contributed by atoms with Crippen molar-refractivity contribution in [2.75, 3.05) is 25.1 Å². The molecule has 3 fully saturated rings. The normalized spacial score (nSPS) is 30.4. The van der Waals surface area contributed by atoms with E-state index in [1.54, 1.807) is 36.0 Å². The smallest absolute Gasteiger partial charge is 0.244 e. The summed E-state index contributed by atoms with van der Waals surface area (Å²) in [6, 6.07) is 6.47. The van der Waals surface area contributed by atoms with E-state index in [1.165, 1.54) is 4.90 Å². The molecule has 0 radical (unpaired) electrons. The van der Waals surface area contributed by atoms with Gasteiger partial charge in [-0.05, 0) is 76.6 Å². The van der Waals surface area contributed by atoms with Crippen molar-refractivity contribution in [2.24, 2.45) is 17.3 Å². The molecule has 1 aromatic rings. The number of thioether (sulfide) groups is 1. The van der Waals surface area contributed by atoms with Crippen molar-refractivity contribution in [1.82, 2.24) is 10.2 Å². The van der Waals surface area contributed by atoms with Crippen LogP contribution < -0.4 is 15.4 Å². The van der Waals surface area contributed by atoms with E-state index in [4.69, 9.17) is 4.74 Å². The van der Waals surface area contributed by atoms with E-state index >= 15 is 0 Å². The summed E-state index contributed by atoms with van der Waals surface area (Å²) in [6.45, 7) is 14.8. The molecule has 5 atom stereocenters. The molecule has 4 rings (SSSR count). The number of likely N-dealkylation sites (tertiary alicyclic amines) is 1. The summed E-state index contributed by atoms with van der Waals surface area (Å²) in [7, 11) is 0. The molecule has 3 heterocycles. The Kier molecular flexibility index (Phi) is 7.60. The van der Waals surface area contributed by atoms with Gasteiger partial charge < -0.3 is 25.4 Å². The number of aliphatic hydroxyl groups excluding tert-OH is 1. The van der Waals surface area contributed by atoms with E-state index < -0.39 is 32.9 Å². The molecule has 3 aliphatic rings. The monoisotopic (exact) mass is 545 g/mol. The Bertz CT molecular complexity index is 1080. The van der Waals surface area contributed by atoms with Crippen LogP contribution in [0.3, 0.4) is 0 Å². The zero-order valence-electron chi connectivity index (χ0n) is 23.7. The first kappa shape index (κ1) is 28.7. The maximum Gasteiger partial charge on any atom is 0.244 e. The summed E-state index contributed by atoms with van der Waals surface area (Å²) in [4.78, 5) is 43.2. The number of rotatable bonds is 9. The van der Waals surface area contributed by atoms with E-state index in [0.29, 0.717) is 18.7 Å². The standard InChI is InChI=1S/C29H43N3O5S/c1-8-37-19-11-9-18(10-12-19)30-23(34)20-21-25(36)32(15-16-33)22(29(21)14-13-28(20,7)38-29)24(35)31-27(5,6)17-26(2,3)4/h9-12,20-22,33H,8,13-17H2,1-7H3,(H,30,34)(H,31,35)/t20-,21-,22?,28+,29?/m0/s1. The van der Waals surface area contributed by atoms with Gasteiger partial charge in [0.1, 0.15) is 11.8 Å². The molecule has 38 heavy (non-hydrogen) atoms. The van der Waals surface area contributed by atoms with Crippen LogP contribution >= 0.6 is 11.8 Å². The fourth-order valence-electron chi connectivity index (χ4n) is 7.27. The topological polar surface area (TPSA) is 108 Å². The molecular weight excluding hydrogens is 502 g/mol. The fourth-order valence-corrected chi connectivity index (χ4v) is 9.62. The summed E-state index contributed by atoms with van der Waals surface area (Å²) in [5.41, 5.74) is 0.166. The molecule has 9 heteroatoms. The van der Waals surface area contributed by atoms with Gasteiger partial charge in [0.2, 0.25) is 17.7 Å². The van der Waals surface area contributed by atoms with Crippen molar-refractivity contribution in [3.63, 3.8) is 0 Å². The quantitative estimate of drug-likeness (QED) is 0.435. The van der Waals surface area contributed by atoms with E-state index in [0.717, 1.165) is 18.6 Å². The first-order chi connectivity index (χ1) is 17.7. The minimum absolute atomic E-state index is 0.00593. The highest BCUT2D eigenvalue weighted by molar-refractivity contribution is 8.02. The van der Waals surface area contributed by atoms with E-state index in [-0.39, 0.29) is 36.3 Å².